The Balaban J connectivity index is 1.87. The maximum atomic E-state index is 13.0. The molecule has 1 heterocycles. The van der Waals surface area contributed by atoms with E-state index in [0.717, 1.165) is 10.4 Å². The fraction of sp³-hybridized carbons (Fsp3) is 0.294. The topological polar surface area (TPSA) is 50.7 Å². The van der Waals surface area contributed by atoms with Gasteiger partial charge in [0.2, 0.25) is 0 Å². The van der Waals surface area contributed by atoms with E-state index in [1.807, 2.05) is 31.4 Å². The highest BCUT2D eigenvalue weighted by molar-refractivity contribution is 7.11. The Kier molecular flexibility index (Phi) is 6.29. The van der Waals surface area contributed by atoms with Gasteiger partial charge in [0.15, 0.2) is 6.61 Å². The van der Waals surface area contributed by atoms with Crippen LogP contribution in [-0.2, 0) is 9.63 Å². The zero-order chi connectivity index (χ0) is 16.7. The number of amides is 1. The highest BCUT2D eigenvalue weighted by atomic mass is 32.1. The molecule has 0 fully saturated rings. The van der Waals surface area contributed by atoms with Crippen LogP contribution in [0.5, 0.6) is 0 Å². The van der Waals surface area contributed by atoms with E-state index in [-0.39, 0.29) is 30.3 Å². The van der Waals surface area contributed by atoms with E-state index in [1.165, 1.54) is 23.5 Å². The lowest BCUT2D eigenvalue weighted by Gasteiger charge is -2.22. The van der Waals surface area contributed by atoms with Crippen molar-refractivity contribution in [1.82, 2.24) is 5.32 Å². The summed E-state index contributed by atoms with van der Waals surface area (Å²) in [5.41, 5.74) is 0.858. The molecule has 0 aliphatic heterocycles. The van der Waals surface area contributed by atoms with Crippen LogP contribution in [-0.4, -0.2) is 18.7 Å². The van der Waals surface area contributed by atoms with Gasteiger partial charge in [-0.3, -0.25) is 4.79 Å². The molecule has 2 aromatic rings. The number of carbonyl (C=O) groups is 1. The van der Waals surface area contributed by atoms with Crippen LogP contribution in [0.2, 0.25) is 0 Å². The van der Waals surface area contributed by atoms with Gasteiger partial charge in [0.05, 0.1) is 12.3 Å². The van der Waals surface area contributed by atoms with Crippen LogP contribution in [0.25, 0.3) is 0 Å². The SMILES string of the molecule is CC(C)C(NC(=O)CO/N=C/c1cccs1)c1ccc(F)cc1. The van der Waals surface area contributed by atoms with Crippen molar-refractivity contribution in [1.29, 1.82) is 0 Å². The molecule has 1 aromatic carbocycles. The Hall–Kier alpha value is -2.21. The first-order valence-electron chi connectivity index (χ1n) is 7.30. The zero-order valence-corrected chi connectivity index (χ0v) is 13.8. The number of hydrogen-bond acceptors (Lipinski definition) is 4. The largest absolute Gasteiger partial charge is 0.386 e. The lowest BCUT2D eigenvalue weighted by molar-refractivity contribution is -0.126. The molecule has 1 amide bonds. The van der Waals surface area contributed by atoms with Gasteiger partial charge in [-0.2, -0.15) is 0 Å². The molecule has 0 aliphatic carbocycles. The first kappa shape index (κ1) is 17.1. The second kappa shape index (κ2) is 8.43. The minimum absolute atomic E-state index is 0.160. The third kappa shape index (κ3) is 5.49. The van der Waals surface area contributed by atoms with Gasteiger partial charge < -0.3 is 10.2 Å². The molecule has 0 bridgehead atoms. The second-order valence-corrected chi connectivity index (χ2v) is 6.34. The van der Waals surface area contributed by atoms with E-state index in [9.17, 15) is 9.18 Å². The molecule has 1 unspecified atom stereocenters. The average molecular weight is 334 g/mol. The number of thiophene rings is 1. The van der Waals surface area contributed by atoms with Gasteiger partial charge in [0.1, 0.15) is 5.82 Å². The average Bonchev–Trinajstić information content (AvgIpc) is 3.03. The standard InChI is InChI=1S/C17H19FN2O2S/c1-12(2)17(13-5-7-14(18)8-6-13)20-16(21)11-22-19-10-15-4-3-9-23-15/h3-10,12,17H,11H2,1-2H3,(H,20,21)/b19-10+. The van der Waals surface area contributed by atoms with Crippen LogP contribution in [0.3, 0.4) is 0 Å². The molecule has 0 saturated heterocycles. The monoisotopic (exact) mass is 334 g/mol. The predicted octanol–water partition coefficient (Wildman–Crippen LogP) is 3.75. The van der Waals surface area contributed by atoms with Gasteiger partial charge in [-0.05, 0) is 35.1 Å². The minimum atomic E-state index is -0.297. The van der Waals surface area contributed by atoms with Gasteiger partial charge in [-0.1, -0.05) is 37.2 Å². The molecule has 0 aliphatic rings. The summed E-state index contributed by atoms with van der Waals surface area (Å²) >= 11 is 1.53. The van der Waals surface area contributed by atoms with Crippen LogP contribution in [0.15, 0.2) is 46.9 Å². The maximum Gasteiger partial charge on any atom is 0.261 e. The zero-order valence-electron chi connectivity index (χ0n) is 13.0. The Morgan fingerprint density at radius 2 is 2.09 bits per heavy atom. The Morgan fingerprint density at radius 3 is 2.70 bits per heavy atom. The summed E-state index contributed by atoms with van der Waals surface area (Å²) in [6, 6.07) is 9.74. The summed E-state index contributed by atoms with van der Waals surface area (Å²) in [5, 5.41) is 8.59. The Labute approximate surface area is 139 Å². The number of nitrogens with zero attached hydrogens (tertiary/aromatic N) is 1. The number of hydrogen-bond donors (Lipinski definition) is 1. The van der Waals surface area contributed by atoms with Crippen molar-refractivity contribution >= 4 is 23.5 Å². The highest BCUT2D eigenvalue weighted by Gasteiger charge is 2.18. The number of oxime groups is 1. The van der Waals surface area contributed by atoms with Crippen molar-refractivity contribution in [3.8, 4) is 0 Å². The molecular formula is C17H19FN2O2S. The fourth-order valence-corrected chi connectivity index (χ4v) is 2.65. The van der Waals surface area contributed by atoms with Gasteiger partial charge in [-0.15, -0.1) is 11.3 Å². The lowest BCUT2D eigenvalue weighted by Crippen LogP contribution is -2.34. The summed E-state index contributed by atoms with van der Waals surface area (Å²) < 4.78 is 13.0. The van der Waals surface area contributed by atoms with E-state index >= 15 is 0 Å². The van der Waals surface area contributed by atoms with Crippen molar-refractivity contribution in [3.63, 3.8) is 0 Å². The Morgan fingerprint density at radius 1 is 1.35 bits per heavy atom. The molecular weight excluding hydrogens is 315 g/mol. The van der Waals surface area contributed by atoms with Crippen molar-refractivity contribution in [2.24, 2.45) is 11.1 Å². The normalized spacial score (nSPS) is 12.5. The summed E-state index contributed by atoms with van der Waals surface area (Å²) in [4.78, 5) is 17.9. The second-order valence-electron chi connectivity index (χ2n) is 5.36. The number of carbonyl (C=O) groups excluding carboxylic acids is 1. The van der Waals surface area contributed by atoms with Crippen LogP contribution in [0.1, 0.15) is 30.3 Å². The van der Waals surface area contributed by atoms with Crippen LogP contribution >= 0.6 is 11.3 Å². The minimum Gasteiger partial charge on any atom is -0.386 e. The van der Waals surface area contributed by atoms with E-state index in [4.69, 9.17) is 4.84 Å². The quantitative estimate of drug-likeness (QED) is 0.619. The van der Waals surface area contributed by atoms with Crippen LogP contribution in [0, 0.1) is 11.7 Å². The van der Waals surface area contributed by atoms with Gasteiger partial charge in [0.25, 0.3) is 5.91 Å². The van der Waals surface area contributed by atoms with E-state index in [2.05, 4.69) is 10.5 Å². The highest BCUT2D eigenvalue weighted by Crippen LogP contribution is 2.21. The van der Waals surface area contributed by atoms with E-state index in [0.29, 0.717) is 0 Å². The number of benzene rings is 1. The first-order valence-corrected chi connectivity index (χ1v) is 8.18. The molecule has 122 valence electrons. The third-order valence-corrected chi connectivity index (χ3v) is 4.01. The third-order valence-electron chi connectivity index (χ3n) is 3.21. The summed E-state index contributed by atoms with van der Waals surface area (Å²) in [7, 11) is 0. The molecule has 2 rings (SSSR count). The van der Waals surface area contributed by atoms with Gasteiger partial charge in [0, 0.05) is 4.88 Å². The first-order chi connectivity index (χ1) is 11.1. The van der Waals surface area contributed by atoms with Crippen LogP contribution < -0.4 is 5.32 Å². The lowest BCUT2D eigenvalue weighted by atomic mass is 9.96. The summed E-state index contributed by atoms with van der Waals surface area (Å²) in [6.45, 7) is 3.82. The molecule has 1 N–H and O–H groups in total. The maximum absolute atomic E-state index is 13.0. The number of halogens is 1. The smallest absolute Gasteiger partial charge is 0.261 e. The van der Waals surface area contributed by atoms with E-state index < -0.39 is 0 Å². The van der Waals surface area contributed by atoms with Gasteiger partial charge >= 0.3 is 0 Å². The molecule has 0 spiro atoms. The molecule has 23 heavy (non-hydrogen) atoms. The summed E-state index contributed by atoms with van der Waals surface area (Å²) in [6.07, 6.45) is 1.57. The molecule has 1 atom stereocenters. The molecule has 0 radical (unpaired) electrons. The Bertz CT molecular complexity index is 639. The number of nitrogens with one attached hydrogen (secondary N) is 1. The van der Waals surface area contributed by atoms with Crippen molar-refractivity contribution in [3.05, 3.63) is 58.0 Å². The van der Waals surface area contributed by atoms with Crippen LogP contribution in [0.4, 0.5) is 4.39 Å². The number of rotatable bonds is 7. The van der Waals surface area contributed by atoms with E-state index in [1.54, 1.807) is 18.3 Å². The predicted molar refractivity (Wildman–Crippen MR) is 90.0 cm³/mol. The van der Waals surface area contributed by atoms with Crippen molar-refractivity contribution in [2.75, 3.05) is 6.61 Å². The van der Waals surface area contributed by atoms with Gasteiger partial charge in [-0.25, -0.2) is 4.39 Å². The molecule has 0 saturated carbocycles. The summed E-state index contributed by atoms with van der Waals surface area (Å²) in [5.74, 6) is -0.399. The molecule has 4 nitrogen and oxygen atoms in total. The molecule has 6 heteroatoms. The fourth-order valence-electron chi connectivity index (χ4n) is 2.07. The van der Waals surface area contributed by atoms with Crippen molar-refractivity contribution in [2.45, 2.75) is 19.9 Å². The molecule has 1 aromatic heterocycles. The van der Waals surface area contributed by atoms with Crippen molar-refractivity contribution < 1.29 is 14.0 Å².